The second kappa shape index (κ2) is 3.88. The Morgan fingerprint density at radius 3 is 2.20 bits per heavy atom. The zero-order valence-corrected chi connectivity index (χ0v) is 6.99. The van der Waals surface area contributed by atoms with E-state index in [2.05, 4.69) is 0 Å². The largest absolute Gasteiger partial charge is 0.240 e. The molecule has 0 fully saturated rings. The Morgan fingerprint density at radius 1 is 1.40 bits per heavy atom. The van der Waals surface area contributed by atoms with E-state index in [-0.39, 0.29) is 16.8 Å². The van der Waals surface area contributed by atoms with Crippen molar-refractivity contribution >= 4 is 10.0 Å². The lowest BCUT2D eigenvalue weighted by Gasteiger charge is -2.07. The molecule has 0 saturated heterocycles. The Labute approximate surface area is 60.8 Å². The topological polar surface area (TPSA) is 37.4 Å². The van der Waals surface area contributed by atoms with Crippen LogP contribution in [0.5, 0.6) is 0 Å². The first-order chi connectivity index (χ1) is 4.54. The van der Waals surface area contributed by atoms with E-state index in [0.29, 0.717) is 6.42 Å². The maximum atomic E-state index is 12.3. The quantitative estimate of drug-likeness (QED) is 0.587. The predicted molar refractivity (Wildman–Crippen MR) is 37.6 cm³/mol. The summed E-state index contributed by atoms with van der Waals surface area (Å²) in [6, 6.07) is 0. The van der Waals surface area contributed by atoms with Crippen LogP contribution in [-0.2, 0) is 10.0 Å². The summed E-state index contributed by atoms with van der Waals surface area (Å²) in [5.41, 5.74) is 0. The minimum absolute atomic E-state index is 0.109. The SMILES string of the molecule is CCCS(=O)(=O)N(F)CC. The van der Waals surface area contributed by atoms with Gasteiger partial charge in [0.2, 0.25) is 10.0 Å². The molecule has 0 aliphatic carbocycles. The Bertz CT molecular complexity index is 178. The average molecular weight is 169 g/mol. The lowest BCUT2D eigenvalue weighted by atomic mass is 10.6. The van der Waals surface area contributed by atoms with Gasteiger partial charge in [0, 0.05) is 6.54 Å². The summed E-state index contributed by atoms with van der Waals surface area (Å²) in [5, 5.41) is 0. The van der Waals surface area contributed by atoms with Gasteiger partial charge in [0.05, 0.1) is 5.75 Å². The van der Waals surface area contributed by atoms with Crippen LogP contribution in [0.2, 0.25) is 0 Å². The van der Waals surface area contributed by atoms with Crippen molar-refractivity contribution < 1.29 is 12.9 Å². The van der Waals surface area contributed by atoms with Crippen molar-refractivity contribution in [1.82, 2.24) is 4.53 Å². The van der Waals surface area contributed by atoms with Crippen LogP contribution in [0.3, 0.4) is 0 Å². The van der Waals surface area contributed by atoms with Gasteiger partial charge < -0.3 is 0 Å². The van der Waals surface area contributed by atoms with E-state index in [0.717, 1.165) is 0 Å². The van der Waals surface area contributed by atoms with Gasteiger partial charge in [-0.15, -0.1) is 4.48 Å². The Hall–Kier alpha value is -0.160. The van der Waals surface area contributed by atoms with Crippen LogP contribution in [0, 0.1) is 0 Å². The van der Waals surface area contributed by atoms with Crippen molar-refractivity contribution in [3.63, 3.8) is 0 Å². The molecule has 62 valence electrons. The Morgan fingerprint density at radius 2 is 1.90 bits per heavy atom. The van der Waals surface area contributed by atoms with E-state index in [1.165, 1.54) is 6.92 Å². The second-order valence-electron chi connectivity index (χ2n) is 1.92. The molecule has 0 rings (SSSR count). The van der Waals surface area contributed by atoms with Crippen LogP contribution in [-0.4, -0.2) is 25.2 Å². The molecule has 0 N–H and O–H groups in total. The van der Waals surface area contributed by atoms with E-state index in [1.54, 1.807) is 6.92 Å². The highest BCUT2D eigenvalue weighted by Gasteiger charge is 2.17. The summed E-state index contributed by atoms with van der Waals surface area (Å²) in [6.45, 7) is 3.04. The Balaban J connectivity index is 4.12. The fourth-order valence-electron chi connectivity index (χ4n) is 0.554. The molecular weight excluding hydrogens is 157 g/mol. The van der Waals surface area contributed by atoms with Crippen LogP contribution >= 0.6 is 0 Å². The number of hydrogen-bond acceptors (Lipinski definition) is 2. The summed E-state index contributed by atoms with van der Waals surface area (Å²) in [4.78, 5) is 0. The number of halogens is 1. The highest BCUT2D eigenvalue weighted by Crippen LogP contribution is 2.02. The van der Waals surface area contributed by atoms with E-state index in [1.807, 2.05) is 0 Å². The third-order valence-electron chi connectivity index (χ3n) is 1.01. The molecule has 0 radical (unpaired) electrons. The van der Waals surface area contributed by atoms with Gasteiger partial charge >= 0.3 is 0 Å². The van der Waals surface area contributed by atoms with Crippen molar-refractivity contribution in [2.24, 2.45) is 0 Å². The maximum absolute atomic E-state index is 12.3. The number of nitrogens with zero attached hydrogens (tertiary/aromatic N) is 1. The molecule has 0 bridgehead atoms. The fraction of sp³-hybridized carbons (Fsp3) is 1.00. The third kappa shape index (κ3) is 2.62. The lowest BCUT2D eigenvalue weighted by molar-refractivity contribution is 0.147. The van der Waals surface area contributed by atoms with Crippen molar-refractivity contribution in [1.29, 1.82) is 0 Å². The van der Waals surface area contributed by atoms with Gasteiger partial charge in [0.15, 0.2) is 0 Å². The molecule has 0 aromatic carbocycles. The second-order valence-corrected chi connectivity index (χ2v) is 3.89. The number of rotatable bonds is 4. The van der Waals surface area contributed by atoms with E-state index >= 15 is 0 Å². The molecule has 0 aliphatic heterocycles. The minimum Gasteiger partial charge on any atom is -0.210 e. The van der Waals surface area contributed by atoms with Crippen molar-refractivity contribution in [2.75, 3.05) is 12.3 Å². The van der Waals surface area contributed by atoms with Crippen LogP contribution < -0.4 is 0 Å². The molecular formula is C5H12FNO2S. The molecule has 0 unspecified atom stereocenters. The maximum Gasteiger partial charge on any atom is 0.240 e. The highest BCUT2D eigenvalue weighted by atomic mass is 32.2. The first kappa shape index (κ1) is 9.84. The summed E-state index contributed by atoms with van der Waals surface area (Å²) >= 11 is 0. The monoisotopic (exact) mass is 169 g/mol. The van der Waals surface area contributed by atoms with Crippen LogP contribution in [0.1, 0.15) is 20.3 Å². The van der Waals surface area contributed by atoms with Crippen molar-refractivity contribution in [3.05, 3.63) is 0 Å². The minimum atomic E-state index is -3.59. The number of hydrogen-bond donors (Lipinski definition) is 0. The third-order valence-corrected chi connectivity index (χ3v) is 2.80. The summed E-state index contributed by atoms with van der Waals surface area (Å²) in [7, 11) is -3.59. The molecule has 0 aromatic heterocycles. The highest BCUT2D eigenvalue weighted by molar-refractivity contribution is 7.88. The van der Waals surface area contributed by atoms with Gasteiger partial charge in [-0.25, -0.2) is 8.42 Å². The van der Waals surface area contributed by atoms with Crippen LogP contribution in [0.15, 0.2) is 0 Å². The molecule has 5 heteroatoms. The molecule has 0 spiro atoms. The van der Waals surface area contributed by atoms with Crippen LogP contribution in [0.4, 0.5) is 4.48 Å². The molecule has 0 aliphatic rings. The van der Waals surface area contributed by atoms with Gasteiger partial charge in [0.1, 0.15) is 0 Å². The van der Waals surface area contributed by atoms with Crippen molar-refractivity contribution in [3.8, 4) is 0 Å². The van der Waals surface area contributed by atoms with Gasteiger partial charge in [-0.05, 0) is 17.9 Å². The molecule has 0 heterocycles. The average Bonchev–Trinajstić information content (AvgIpc) is 1.86. The zero-order chi connectivity index (χ0) is 8.20. The fourth-order valence-corrected chi connectivity index (χ4v) is 1.66. The van der Waals surface area contributed by atoms with E-state index in [9.17, 15) is 12.9 Å². The van der Waals surface area contributed by atoms with Gasteiger partial charge in [-0.3, -0.25) is 0 Å². The molecule has 0 aromatic rings. The standard InChI is InChI=1S/C5H12FNO2S/c1-3-5-10(8,9)7(6)4-2/h3-5H2,1-2H3. The van der Waals surface area contributed by atoms with Crippen LogP contribution in [0.25, 0.3) is 0 Å². The summed E-state index contributed by atoms with van der Waals surface area (Å²) in [5.74, 6) is -0.114. The van der Waals surface area contributed by atoms with Gasteiger partial charge in [-0.2, -0.15) is 0 Å². The van der Waals surface area contributed by atoms with Gasteiger partial charge in [-0.1, -0.05) is 6.92 Å². The van der Waals surface area contributed by atoms with E-state index < -0.39 is 10.0 Å². The van der Waals surface area contributed by atoms with E-state index in [4.69, 9.17) is 0 Å². The molecule has 0 saturated carbocycles. The first-order valence-corrected chi connectivity index (χ1v) is 4.81. The molecule has 10 heavy (non-hydrogen) atoms. The predicted octanol–water partition coefficient (Wildman–Crippen LogP) is 0.933. The normalized spacial score (nSPS) is 12.4. The molecule has 0 atom stereocenters. The zero-order valence-electron chi connectivity index (χ0n) is 6.17. The summed E-state index contributed by atoms with van der Waals surface area (Å²) in [6.07, 6.45) is 0.447. The van der Waals surface area contributed by atoms with Crippen molar-refractivity contribution in [2.45, 2.75) is 20.3 Å². The first-order valence-electron chi connectivity index (χ1n) is 3.20. The number of sulfonamides is 1. The summed E-state index contributed by atoms with van der Waals surface area (Å²) < 4.78 is 33.6. The smallest absolute Gasteiger partial charge is 0.210 e. The molecule has 3 nitrogen and oxygen atoms in total. The Kier molecular flexibility index (Phi) is 3.81. The molecule has 0 amide bonds. The lowest BCUT2D eigenvalue weighted by Crippen LogP contribution is -2.24. The van der Waals surface area contributed by atoms with Gasteiger partial charge in [0.25, 0.3) is 0 Å².